The summed E-state index contributed by atoms with van der Waals surface area (Å²) in [6, 6.07) is 0. The Morgan fingerprint density at radius 3 is 2.87 bits per heavy atom. The van der Waals surface area contributed by atoms with Crippen LogP contribution in [0.15, 0.2) is 0 Å². The van der Waals surface area contributed by atoms with Crippen LogP contribution in [0, 0.1) is 5.92 Å². The van der Waals surface area contributed by atoms with Gasteiger partial charge in [-0.2, -0.15) is 0 Å². The summed E-state index contributed by atoms with van der Waals surface area (Å²) in [6.45, 7) is 3.68. The molecule has 0 radical (unpaired) electrons. The number of hydrogen-bond acceptors (Lipinski definition) is 3. The molecule has 0 aliphatic carbocycles. The molecule has 1 amide bonds. The lowest BCUT2D eigenvalue weighted by molar-refractivity contribution is -0.121. The molecule has 1 aliphatic heterocycles. The van der Waals surface area contributed by atoms with Gasteiger partial charge in [0.2, 0.25) is 5.91 Å². The number of amides is 1. The highest BCUT2D eigenvalue weighted by Crippen LogP contribution is 2.09. The number of methoxy groups -OCH3 is 1. The van der Waals surface area contributed by atoms with Crippen LogP contribution in [0.5, 0.6) is 0 Å². The minimum absolute atomic E-state index is 0.158. The van der Waals surface area contributed by atoms with Gasteiger partial charge in [0.05, 0.1) is 0 Å². The van der Waals surface area contributed by atoms with Crippen LogP contribution in [0.25, 0.3) is 0 Å². The van der Waals surface area contributed by atoms with Gasteiger partial charge in [-0.25, -0.2) is 0 Å². The summed E-state index contributed by atoms with van der Waals surface area (Å²) in [5, 5.41) is 6.30. The maximum atomic E-state index is 11.4. The minimum Gasteiger partial charge on any atom is -0.385 e. The Balaban J connectivity index is 2.00. The van der Waals surface area contributed by atoms with Crippen molar-refractivity contribution in [1.29, 1.82) is 0 Å². The number of nitrogens with one attached hydrogen (secondary N) is 2. The van der Waals surface area contributed by atoms with E-state index in [0.29, 0.717) is 18.9 Å². The van der Waals surface area contributed by atoms with Gasteiger partial charge in [-0.3, -0.25) is 4.79 Å². The van der Waals surface area contributed by atoms with Crippen molar-refractivity contribution in [2.45, 2.75) is 25.7 Å². The van der Waals surface area contributed by atoms with Crippen molar-refractivity contribution >= 4 is 5.91 Å². The van der Waals surface area contributed by atoms with Crippen LogP contribution in [-0.4, -0.2) is 39.3 Å². The number of piperidine rings is 1. The lowest BCUT2D eigenvalue weighted by Crippen LogP contribution is -2.35. The summed E-state index contributed by atoms with van der Waals surface area (Å²) in [6.07, 6.45) is 3.75. The molecule has 0 spiro atoms. The molecule has 1 aliphatic rings. The molecule has 4 nitrogen and oxygen atoms in total. The third-order valence-electron chi connectivity index (χ3n) is 2.80. The van der Waals surface area contributed by atoms with Gasteiger partial charge < -0.3 is 15.4 Å². The maximum Gasteiger partial charge on any atom is 0.220 e. The molecular weight excluding hydrogens is 192 g/mol. The normalized spacial score (nSPS) is 17.7. The number of ether oxygens (including phenoxy) is 1. The first-order valence-electron chi connectivity index (χ1n) is 5.79. The van der Waals surface area contributed by atoms with E-state index in [1.54, 1.807) is 7.11 Å². The Bertz CT molecular complexity index is 179. The third kappa shape index (κ3) is 5.74. The van der Waals surface area contributed by atoms with Crippen molar-refractivity contribution in [3.63, 3.8) is 0 Å². The number of rotatable bonds is 6. The molecule has 1 heterocycles. The smallest absolute Gasteiger partial charge is 0.220 e. The Kier molecular flexibility index (Phi) is 6.36. The predicted octanol–water partition coefficient (Wildman–Crippen LogP) is 0.529. The molecule has 15 heavy (non-hydrogen) atoms. The molecule has 0 atom stereocenters. The zero-order valence-corrected chi connectivity index (χ0v) is 9.55. The fraction of sp³-hybridized carbons (Fsp3) is 0.909. The van der Waals surface area contributed by atoms with Gasteiger partial charge in [0.1, 0.15) is 0 Å². The van der Waals surface area contributed by atoms with Crippen LogP contribution in [0.4, 0.5) is 0 Å². The third-order valence-corrected chi connectivity index (χ3v) is 2.80. The van der Waals surface area contributed by atoms with Crippen molar-refractivity contribution in [1.82, 2.24) is 10.6 Å². The first kappa shape index (κ1) is 12.5. The highest BCUT2D eigenvalue weighted by Gasteiger charge is 2.13. The van der Waals surface area contributed by atoms with Gasteiger partial charge in [-0.1, -0.05) is 0 Å². The Labute approximate surface area is 91.8 Å². The first-order valence-corrected chi connectivity index (χ1v) is 5.79. The predicted molar refractivity (Wildman–Crippen MR) is 59.7 cm³/mol. The van der Waals surface area contributed by atoms with Crippen LogP contribution in [0.1, 0.15) is 25.7 Å². The second kappa shape index (κ2) is 7.65. The summed E-state index contributed by atoms with van der Waals surface area (Å²) < 4.78 is 4.90. The minimum atomic E-state index is 0.158. The molecule has 0 aromatic carbocycles. The van der Waals surface area contributed by atoms with Crippen LogP contribution < -0.4 is 10.6 Å². The quantitative estimate of drug-likeness (QED) is 0.634. The summed E-state index contributed by atoms with van der Waals surface area (Å²) in [7, 11) is 1.66. The van der Waals surface area contributed by atoms with Crippen LogP contribution in [0.3, 0.4) is 0 Å². The van der Waals surface area contributed by atoms with Gasteiger partial charge in [0, 0.05) is 26.7 Å². The highest BCUT2D eigenvalue weighted by molar-refractivity contribution is 5.75. The maximum absolute atomic E-state index is 11.4. The molecule has 1 fully saturated rings. The van der Waals surface area contributed by atoms with E-state index in [1.165, 1.54) is 12.8 Å². The molecule has 0 aromatic heterocycles. The zero-order chi connectivity index (χ0) is 10.9. The number of carbonyl (C=O) groups excluding carboxylic acids is 1. The zero-order valence-electron chi connectivity index (χ0n) is 9.55. The summed E-state index contributed by atoms with van der Waals surface area (Å²) in [5.74, 6) is 0.822. The van der Waals surface area contributed by atoms with E-state index >= 15 is 0 Å². The van der Waals surface area contributed by atoms with E-state index in [1.807, 2.05) is 0 Å². The van der Waals surface area contributed by atoms with Crippen LogP contribution >= 0.6 is 0 Å². The number of carbonyl (C=O) groups is 1. The molecule has 0 aromatic rings. The van der Waals surface area contributed by atoms with E-state index < -0.39 is 0 Å². The molecule has 88 valence electrons. The van der Waals surface area contributed by atoms with Gasteiger partial charge in [-0.05, 0) is 38.3 Å². The molecule has 4 heteroatoms. The van der Waals surface area contributed by atoms with Crippen molar-refractivity contribution in [3.05, 3.63) is 0 Å². The SMILES string of the molecule is COCCCC(=O)NCC1CCNCC1. The fourth-order valence-electron chi connectivity index (χ4n) is 1.81. The standard InChI is InChI=1S/C11H22N2O2/c1-15-8-2-3-11(14)13-9-10-4-6-12-7-5-10/h10,12H,2-9H2,1H3,(H,13,14). The largest absolute Gasteiger partial charge is 0.385 e. The van der Waals surface area contributed by atoms with Crippen molar-refractivity contribution in [3.8, 4) is 0 Å². The lowest BCUT2D eigenvalue weighted by atomic mass is 9.98. The average Bonchev–Trinajstić information content (AvgIpc) is 2.28. The number of hydrogen-bond donors (Lipinski definition) is 2. The second-order valence-corrected chi connectivity index (χ2v) is 4.09. The summed E-state index contributed by atoms with van der Waals surface area (Å²) in [4.78, 5) is 11.4. The van der Waals surface area contributed by atoms with Gasteiger partial charge >= 0.3 is 0 Å². The van der Waals surface area contributed by atoms with E-state index in [0.717, 1.165) is 26.1 Å². The molecule has 2 N–H and O–H groups in total. The first-order chi connectivity index (χ1) is 7.33. The fourth-order valence-corrected chi connectivity index (χ4v) is 1.81. The molecule has 1 rings (SSSR count). The van der Waals surface area contributed by atoms with Gasteiger partial charge in [-0.15, -0.1) is 0 Å². The van der Waals surface area contributed by atoms with Gasteiger partial charge in [0.15, 0.2) is 0 Å². The Morgan fingerprint density at radius 2 is 2.20 bits per heavy atom. The van der Waals surface area contributed by atoms with Crippen LogP contribution in [0.2, 0.25) is 0 Å². The highest BCUT2D eigenvalue weighted by atomic mass is 16.5. The molecule has 1 saturated heterocycles. The summed E-state index contributed by atoms with van der Waals surface area (Å²) in [5.41, 5.74) is 0. The topological polar surface area (TPSA) is 50.4 Å². The molecule has 0 saturated carbocycles. The monoisotopic (exact) mass is 214 g/mol. The van der Waals surface area contributed by atoms with Gasteiger partial charge in [0.25, 0.3) is 0 Å². The molecular formula is C11H22N2O2. The molecule has 0 bridgehead atoms. The second-order valence-electron chi connectivity index (χ2n) is 4.09. The van der Waals surface area contributed by atoms with Crippen molar-refractivity contribution < 1.29 is 9.53 Å². The van der Waals surface area contributed by atoms with E-state index in [-0.39, 0.29) is 5.91 Å². The van der Waals surface area contributed by atoms with Crippen LogP contribution in [-0.2, 0) is 9.53 Å². The van der Waals surface area contributed by atoms with E-state index in [2.05, 4.69) is 10.6 Å². The molecule has 0 unspecified atom stereocenters. The Hall–Kier alpha value is -0.610. The summed E-state index contributed by atoms with van der Waals surface area (Å²) >= 11 is 0. The van der Waals surface area contributed by atoms with E-state index in [9.17, 15) is 4.79 Å². The Morgan fingerprint density at radius 1 is 1.47 bits per heavy atom. The van der Waals surface area contributed by atoms with Crippen molar-refractivity contribution in [2.75, 3.05) is 33.4 Å². The van der Waals surface area contributed by atoms with Crippen molar-refractivity contribution in [2.24, 2.45) is 5.92 Å². The lowest BCUT2D eigenvalue weighted by Gasteiger charge is -2.22. The van der Waals surface area contributed by atoms with E-state index in [4.69, 9.17) is 4.74 Å². The average molecular weight is 214 g/mol.